The highest BCUT2D eigenvalue weighted by Gasteiger charge is 2.08. The zero-order valence-corrected chi connectivity index (χ0v) is 12.0. The minimum Gasteiger partial charge on any atom is -0.325 e. The Balaban J connectivity index is 2.15. The molecule has 5 nitrogen and oxygen atoms in total. The van der Waals surface area contributed by atoms with Crippen LogP contribution in [0.4, 0.5) is 15.8 Å². The molecular weight excluding hydrogens is 285 g/mol. The lowest BCUT2D eigenvalue weighted by atomic mass is 10.1. The summed E-state index contributed by atoms with van der Waals surface area (Å²) >= 11 is 0. The van der Waals surface area contributed by atoms with Crippen LogP contribution in [0.15, 0.2) is 42.5 Å². The minimum atomic E-state index is -0.404. The summed E-state index contributed by atoms with van der Waals surface area (Å²) in [5.74, 6) is -1.08. The smallest absolute Gasteiger partial charge is 0.255 e. The Labute approximate surface area is 127 Å². The molecule has 0 fully saturated rings. The van der Waals surface area contributed by atoms with Crippen LogP contribution in [0, 0.1) is 12.7 Å². The van der Waals surface area contributed by atoms with Crippen molar-refractivity contribution in [3.05, 3.63) is 59.4 Å². The van der Waals surface area contributed by atoms with Crippen LogP contribution in [0.3, 0.4) is 0 Å². The number of rotatable bonds is 4. The number of anilines is 2. The Morgan fingerprint density at radius 3 is 2.41 bits per heavy atom. The average Bonchev–Trinajstić information content (AvgIpc) is 2.51. The summed E-state index contributed by atoms with van der Waals surface area (Å²) in [5, 5.41) is 5.35. The van der Waals surface area contributed by atoms with E-state index in [1.807, 2.05) is 6.92 Å². The number of hydrogen-bond acceptors (Lipinski definition) is 3. The number of halogens is 1. The maximum atomic E-state index is 12.8. The Kier molecular flexibility index (Phi) is 4.85. The predicted octanol–water partition coefficient (Wildman–Crippen LogP) is 2.28. The fraction of sp³-hybridized carbons (Fsp3) is 0.125. The zero-order valence-electron chi connectivity index (χ0n) is 12.0. The molecule has 2 aromatic rings. The summed E-state index contributed by atoms with van der Waals surface area (Å²) in [4.78, 5) is 23.4. The van der Waals surface area contributed by atoms with Gasteiger partial charge in [0.15, 0.2) is 0 Å². The lowest BCUT2D eigenvalue weighted by Gasteiger charge is -2.11. The second-order valence-electron chi connectivity index (χ2n) is 4.74. The molecule has 0 aliphatic carbocycles. The van der Waals surface area contributed by atoms with E-state index in [0.29, 0.717) is 16.9 Å². The van der Waals surface area contributed by atoms with Gasteiger partial charge in [-0.3, -0.25) is 9.59 Å². The van der Waals surface area contributed by atoms with Crippen LogP contribution in [-0.2, 0) is 4.79 Å². The van der Waals surface area contributed by atoms with E-state index in [1.165, 1.54) is 24.3 Å². The summed E-state index contributed by atoms with van der Waals surface area (Å²) in [6.07, 6.45) is 0. The van der Waals surface area contributed by atoms with E-state index in [2.05, 4.69) is 10.6 Å². The van der Waals surface area contributed by atoms with Crippen molar-refractivity contribution in [2.24, 2.45) is 5.73 Å². The van der Waals surface area contributed by atoms with Crippen molar-refractivity contribution in [2.45, 2.75) is 6.92 Å². The standard InChI is InChI=1S/C16H16FN3O2/c1-10-2-7-13(8-14(10)20-15(21)9-18)19-16(22)11-3-5-12(17)6-4-11/h2-8H,9,18H2,1H3,(H,19,22)(H,20,21). The van der Waals surface area contributed by atoms with Gasteiger partial charge in [-0.05, 0) is 48.9 Å². The maximum absolute atomic E-state index is 12.8. The molecule has 2 aromatic carbocycles. The number of nitrogens with two attached hydrogens (primary N) is 1. The van der Waals surface area contributed by atoms with Crippen LogP contribution < -0.4 is 16.4 Å². The first kappa shape index (κ1) is 15.7. The number of carbonyl (C=O) groups is 2. The number of nitrogens with one attached hydrogen (secondary N) is 2. The molecule has 22 heavy (non-hydrogen) atoms. The first-order chi connectivity index (χ1) is 10.5. The number of carbonyl (C=O) groups excluding carboxylic acids is 2. The number of hydrogen-bond donors (Lipinski definition) is 3. The monoisotopic (exact) mass is 301 g/mol. The first-order valence-electron chi connectivity index (χ1n) is 6.67. The van der Waals surface area contributed by atoms with Gasteiger partial charge < -0.3 is 16.4 Å². The van der Waals surface area contributed by atoms with Crippen molar-refractivity contribution in [1.82, 2.24) is 0 Å². The van der Waals surface area contributed by atoms with Gasteiger partial charge in [-0.15, -0.1) is 0 Å². The highest BCUT2D eigenvalue weighted by molar-refractivity contribution is 6.04. The Hall–Kier alpha value is -2.73. The zero-order chi connectivity index (χ0) is 16.1. The average molecular weight is 301 g/mol. The van der Waals surface area contributed by atoms with Gasteiger partial charge in [0.1, 0.15) is 5.82 Å². The van der Waals surface area contributed by atoms with Gasteiger partial charge in [0, 0.05) is 16.9 Å². The van der Waals surface area contributed by atoms with Crippen LogP contribution in [0.1, 0.15) is 15.9 Å². The number of benzene rings is 2. The molecule has 2 amide bonds. The molecule has 0 heterocycles. The highest BCUT2D eigenvalue weighted by atomic mass is 19.1. The van der Waals surface area contributed by atoms with Gasteiger partial charge in [-0.1, -0.05) is 6.07 Å². The fourth-order valence-corrected chi connectivity index (χ4v) is 1.84. The normalized spacial score (nSPS) is 10.1. The van der Waals surface area contributed by atoms with Crippen molar-refractivity contribution in [3.63, 3.8) is 0 Å². The summed E-state index contributed by atoms with van der Waals surface area (Å²) in [5.41, 5.74) is 7.55. The first-order valence-corrected chi connectivity index (χ1v) is 6.67. The fourth-order valence-electron chi connectivity index (χ4n) is 1.84. The molecule has 0 radical (unpaired) electrons. The third-order valence-electron chi connectivity index (χ3n) is 3.06. The third kappa shape index (κ3) is 3.89. The molecule has 0 aliphatic heterocycles. The molecule has 2 rings (SSSR count). The SMILES string of the molecule is Cc1ccc(NC(=O)c2ccc(F)cc2)cc1NC(=O)CN. The molecule has 114 valence electrons. The minimum absolute atomic E-state index is 0.119. The quantitative estimate of drug-likeness (QED) is 0.810. The molecule has 4 N–H and O–H groups in total. The van der Waals surface area contributed by atoms with Crippen molar-refractivity contribution >= 4 is 23.2 Å². The van der Waals surface area contributed by atoms with Crippen LogP contribution >= 0.6 is 0 Å². The number of aryl methyl sites for hydroxylation is 1. The van der Waals surface area contributed by atoms with Gasteiger partial charge >= 0.3 is 0 Å². The molecule has 0 aromatic heterocycles. The van der Waals surface area contributed by atoms with Gasteiger partial charge in [0.25, 0.3) is 5.91 Å². The van der Waals surface area contributed by atoms with E-state index >= 15 is 0 Å². The molecule has 0 saturated carbocycles. The molecule has 0 bridgehead atoms. The van der Waals surface area contributed by atoms with E-state index in [9.17, 15) is 14.0 Å². The molecule has 0 aliphatic rings. The third-order valence-corrected chi connectivity index (χ3v) is 3.06. The summed E-state index contributed by atoms with van der Waals surface area (Å²) in [6.45, 7) is 1.71. The van der Waals surface area contributed by atoms with Crippen LogP contribution in [0.5, 0.6) is 0 Å². The van der Waals surface area contributed by atoms with E-state index in [4.69, 9.17) is 5.73 Å². The lowest BCUT2D eigenvalue weighted by Crippen LogP contribution is -2.22. The number of amides is 2. The Morgan fingerprint density at radius 2 is 1.77 bits per heavy atom. The molecule has 0 unspecified atom stereocenters. The highest BCUT2D eigenvalue weighted by Crippen LogP contribution is 2.21. The van der Waals surface area contributed by atoms with E-state index in [1.54, 1.807) is 18.2 Å². The van der Waals surface area contributed by atoms with Gasteiger partial charge in [0.2, 0.25) is 5.91 Å². The molecule has 0 atom stereocenters. The van der Waals surface area contributed by atoms with Gasteiger partial charge in [0.05, 0.1) is 6.54 Å². The molecular formula is C16H16FN3O2. The summed E-state index contributed by atoms with van der Waals surface area (Å²) in [6, 6.07) is 10.4. The lowest BCUT2D eigenvalue weighted by molar-refractivity contribution is -0.114. The van der Waals surface area contributed by atoms with Crippen molar-refractivity contribution in [2.75, 3.05) is 17.2 Å². The second kappa shape index (κ2) is 6.82. The van der Waals surface area contributed by atoms with E-state index in [-0.39, 0.29) is 18.4 Å². The van der Waals surface area contributed by atoms with Crippen LogP contribution in [-0.4, -0.2) is 18.4 Å². The Morgan fingerprint density at radius 1 is 1.09 bits per heavy atom. The summed E-state index contributed by atoms with van der Waals surface area (Å²) in [7, 11) is 0. The maximum Gasteiger partial charge on any atom is 0.255 e. The molecule has 0 spiro atoms. The van der Waals surface area contributed by atoms with Gasteiger partial charge in [-0.25, -0.2) is 4.39 Å². The molecule has 0 saturated heterocycles. The largest absolute Gasteiger partial charge is 0.325 e. The summed E-state index contributed by atoms with van der Waals surface area (Å²) < 4.78 is 12.8. The van der Waals surface area contributed by atoms with Crippen molar-refractivity contribution < 1.29 is 14.0 Å². The van der Waals surface area contributed by atoms with Crippen LogP contribution in [0.25, 0.3) is 0 Å². The van der Waals surface area contributed by atoms with Crippen LogP contribution in [0.2, 0.25) is 0 Å². The van der Waals surface area contributed by atoms with Gasteiger partial charge in [-0.2, -0.15) is 0 Å². The molecule has 6 heteroatoms. The van der Waals surface area contributed by atoms with E-state index < -0.39 is 5.82 Å². The van der Waals surface area contributed by atoms with Crippen molar-refractivity contribution in [1.29, 1.82) is 0 Å². The van der Waals surface area contributed by atoms with E-state index in [0.717, 1.165) is 5.56 Å². The topological polar surface area (TPSA) is 84.2 Å². The van der Waals surface area contributed by atoms with Crippen molar-refractivity contribution in [3.8, 4) is 0 Å². The second-order valence-corrected chi connectivity index (χ2v) is 4.74. The predicted molar refractivity (Wildman–Crippen MR) is 83.2 cm³/mol. The Bertz CT molecular complexity index is 699.